The van der Waals surface area contributed by atoms with Gasteiger partial charge in [-0.05, 0) is 76.1 Å². The first-order valence-electron chi connectivity index (χ1n) is 11.9. The second-order valence-corrected chi connectivity index (χ2v) is 10.4. The van der Waals surface area contributed by atoms with Gasteiger partial charge in [0.15, 0.2) is 5.03 Å². The van der Waals surface area contributed by atoms with E-state index in [2.05, 4.69) is 19.7 Å². The van der Waals surface area contributed by atoms with E-state index in [1.54, 1.807) is 43.5 Å². The Morgan fingerprint density at radius 2 is 1.68 bits per heavy atom. The van der Waals surface area contributed by atoms with E-state index >= 15 is 0 Å². The summed E-state index contributed by atoms with van der Waals surface area (Å²) in [7, 11) is -4.23. The molecule has 10 heteroatoms. The average molecular weight is 533 g/mol. The second-order valence-electron chi connectivity index (χ2n) is 8.75. The monoisotopic (exact) mass is 532 g/mol. The highest BCUT2D eigenvalue weighted by molar-refractivity contribution is 7.90. The van der Waals surface area contributed by atoms with Crippen molar-refractivity contribution in [1.82, 2.24) is 19.7 Å². The molecule has 0 aliphatic heterocycles. The minimum atomic E-state index is -4.23. The van der Waals surface area contributed by atoms with Crippen LogP contribution < -0.4 is 14.2 Å². The third-order valence-electron chi connectivity index (χ3n) is 5.60. The van der Waals surface area contributed by atoms with Crippen molar-refractivity contribution in [3.63, 3.8) is 0 Å². The van der Waals surface area contributed by atoms with Crippen molar-refractivity contribution in [3.05, 3.63) is 88.7 Å². The molecule has 4 aromatic rings. The topological polar surface area (TPSA) is 120 Å². The molecule has 0 aliphatic carbocycles. The number of pyridine rings is 3. The minimum Gasteiger partial charge on any atom is -0.478 e. The molecule has 0 aliphatic rings. The van der Waals surface area contributed by atoms with Crippen LogP contribution in [0.5, 0.6) is 17.5 Å². The molecule has 0 radical (unpaired) electrons. The lowest BCUT2D eigenvalue weighted by molar-refractivity contribution is 0.0978. The van der Waals surface area contributed by atoms with Crippen LogP contribution in [0.3, 0.4) is 0 Å². The highest BCUT2D eigenvalue weighted by atomic mass is 32.2. The van der Waals surface area contributed by atoms with E-state index in [0.717, 1.165) is 16.7 Å². The van der Waals surface area contributed by atoms with E-state index < -0.39 is 15.9 Å². The van der Waals surface area contributed by atoms with Crippen LogP contribution >= 0.6 is 0 Å². The summed E-state index contributed by atoms with van der Waals surface area (Å²) in [4.78, 5) is 26.1. The molecule has 9 nitrogen and oxygen atoms in total. The van der Waals surface area contributed by atoms with Gasteiger partial charge in [0.1, 0.15) is 11.3 Å². The summed E-state index contributed by atoms with van der Waals surface area (Å²) in [5.41, 5.74) is 4.36. The number of ether oxygens (including phenoxy) is 2. The van der Waals surface area contributed by atoms with Crippen LogP contribution in [0, 0.1) is 27.7 Å². The zero-order valence-corrected chi connectivity index (χ0v) is 22.6. The Hall–Kier alpha value is -4.31. The lowest BCUT2D eigenvalue weighted by atomic mass is 10.1. The molecule has 1 aromatic carbocycles. The van der Waals surface area contributed by atoms with Crippen LogP contribution in [0.2, 0.25) is 0 Å². The van der Waals surface area contributed by atoms with Crippen LogP contribution in [0.1, 0.15) is 39.7 Å². The molecule has 0 bridgehead atoms. The number of amides is 1. The number of nitrogens with zero attached hydrogens (tertiary/aromatic N) is 3. The van der Waals surface area contributed by atoms with Crippen molar-refractivity contribution in [1.29, 1.82) is 0 Å². The Morgan fingerprint density at radius 3 is 2.32 bits per heavy atom. The van der Waals surface area contributed by atoms with Crippen molar-refractivity contribution in [2.24, 2.45) is 0 Å². The molecular weight excluding hydrogens is 504 g/mol. The normalized spacial score (nSPS) is 11.2. The number of hydrogen-bond acceptors (Lipinski definition) is 8. The number of benzene rings is 1. The fourth-order valence-corrected chi connectivity index (χ4v) is 4.92. The van der Waals surface area contributed by atoms with Crippen LogP contribution in [0.15, 0.2) is 65.8 Å². The fraction of sp³-hybridized carbons (Fsp3) is 0.214. The van der Waals surface area contributed by atoms with Gasteiger partial charge >= 0.3 is 0 Å². The molecule has 1 N–H and O–H groups in total. The van der Waals surface area contributed by atoms with E-state index in [1.165, 1.54) is 12.1 Å². The van der Waals surface area contributed by atoms with E-state index in [-0.39, 0.29) is 16.5 Å². The van der Waals surface area contributed by atoms with E-state index in [0.29, 0.717) is 35.2 Å². The van der Waals surface area contributed by atoms with Gasteiger partial charge in [-0.15, -0.1) is 0 Å². The summed E-state index contributed by atoms with van der Waals surface area (Å²) in [6.07, 6.45) is 1.60. The predicted molar refractivity (Wildman–Crippen MR) is 143 cm³/mol. The number of rotatable bonds is 8. The van der Waals surface area contributed by atoms with Gasteiger partial charge in [0, 0.05) is 23.5 Å². The lowest BCUT2D eigenvalue weighted by Crippen LogP contribution is -2.31. The van der Waals surface area contributed by atoms with Gasteiger partial charge in [0.05, 0.1) is 12.3 Å². The third-order valence-corrected chi connectivity index (χ3v) is 6.83. The molecule has 1 amide bonds. The predicted octanol–water partition coefficient (Wildman–Crippen LogP) is 5.08. The summed E-state index contributed by atoms with van der Waals surface area (Å²) in [6, 6.07) is 15.0. The number of carbonyl (C=O) groups excluding carboxylic acids is 1. The molecule has 0 atom stereocenters. The highest BCUT2D eigenvalue weighted by Gasteiger charge is 2.24. The molecule has 3 aromatic heterocycles. The largest absolute Gasteiger partial charge is 0.478 e. The summed E-state index contributed by atoms with van der Waals surface area (Å²) in [5.74, 6) is 0.0675. The molecule has 196 valence electrons. The van der Waals surface area contributed by atoms with Crippen LogP contribution in [0.25, 0.3) is 11.3 Å². The Bertz CT molecular complexity index is 1580. The molecule has 0 saturated heterocycles. The Labute approximate surface area is 222 Å². The summed E-state index contributed by atoms with van der Waals surface area (Å²) in [5, 5.41) is -0.261. The fourth-order valence-electron chi connectivity index (χ4n) is 3.94. The maximum absolute atomic E-state index is 13.3. The van der Waals surface area contributed by atoms with Crippen LogP contribution in [-0.4, -0.2) is 35.9 Å². The highest BCUT2D eigenvalue weighted by Crippen LogP contribution is 2.32. The molecule has 38 heavy (non-hydrogen) atoms. The summed E-state index contributed by atoms with van der Waals surface area (Å²) in [6.45, 7) is 9.78. The SMILES string of the molecule is CCOc1ccc(-c2ccc(C(=O)NS(=O)(=O)c3cccc(C)n3)c(Oc3c(C)cc(C)cc3C)n2)cn1. The Morgan fingerprint density at radius 1 is 0.947 bits per heavy atom. The van der Waals surface area contributed by atoms with E-state index in [9.17, 15) is 13.2 Å². The quantitative estimate of drug-likeness (QED) is 0.333. The first-order chi connectivity index (χ1) is 18.1. The van der Waals surface area contributed by atoms with Crippen LogP contribution in [-0.2, 0) is 10.0 Å². The first kappa shape index (κ1) is 26.7. The van der Waals surface area contributed by atoms with Gasteiger partial charge in [-0.25, -0.2) is 19.7 Å². The lowest BCUT2D eigenvalue weighted by Gasteiger charge is -2.16. The van der Waals surface area contributed by atoms with Crippen molar-refractivity contribution >= 4 is 15.9 Å². The molecule has 3 heterocycles. The zero-order valence-electron chi connectivity index (χ0n) is 21.8. The van der Waals surface area contributed by atoms with E-state index in [4.69, 9.17) is 9.47 Å². The number of sulfonamides is 1. The van der Waals surface area contributed by atoms with Gasteiger partial charge in [-0.3, -0.25) is 4.79 Å². The molecule has 4 rings (SSSR count). The maximum atomic E-state index is 13.3. The van der Waals surface area contributed by atoms with Gasteiger partial charge in [-0.1, -0.05) is 23.8 Å². The minimum absolute atomic E-state index is 0.0451. The van der Waals surface area contributed by atoms with Crippen LogP contribution in [0.4, 0.5) is 0 Å². The Balaban J connectivity index is 1.75. The molecule has 0 unspecified atom stereocenters. The van der Waals surface area contributed by atoms with Gasteiger partial charge in [0.2, 0.25) is 11.8 Å². The maximum Gasteiger partial charge on any atom is 0.281 e. The van der Waals surface area contributed by atoms with Gasteiger partial charge in [0.25, 0.3) is 15.9 Å². The third kappa shape index (κ3) is 5.97. The summed E-state index contributed by atoms with van der Waals surface area (Å²) < 4.78 is 39.4. The molecule has 0 spiro atoms. The van der Waals surface area contributed by atoms with Crippen molar-refractivity contribution < 1.29 is 22.7 Å². The number of nitrogens with one attached hydrogen (secondary N) is 1. The smallest absolute Gasteiger partial charge is 0.281 e. The van der Waals surface area contributed by atoms with Gasteiger partial charge < -0.3 is 9.47 Å². The molecule has 0 fully saturated rings. The van der Waals surface area contributed by atoms with Crippen molar-refractivity contribution in [2.75, 3.05) is 6.61 Å². The Kier molecular flexibility index (Phi) is 7.72. The first-order valence-corrected chi connectivity index (χ1v) is 13.4. The number of carbonyl (C=O) groups is 1. The molecule has 0 saturated carbocycles. The average Bonchev–Trinajstić information content (AvgIpc) is 2.86. The zero-order chi connectivity index (χ0) is 27.4. The van der Waals surface area contributed by atoms with Gasteiger partial charge in [-0.2, -0.15) is 8.42 Å². The van der Waals surface area contributed by atoms with Crippen molar-refractivity contribution in [2.45, 2.75) is 39.6 Å². The molecular formula is C28H28N4O5S. The second kappa shape index (κ2) is 11.0. The number of aromatic nitrogens is 3. The standard InChI is InChI=1S/C28H28N4O5S/c1-6-36-24-13-10-21(16-29-24)23-12-11-22(27(33)32-38(34,35)25-9-7-8-20(5)30-25)28(31-23)37-26-18(3)14-17(2)15-19(26)4/h7-16H,6H2,1-5H3,(H,32,33). The number of aryl methyl sites for hydroxylation is 4. The van der Waals surface area contributed by atoms with E-state index in [1.807, 2.05) is 39.8 Å². The van der Waals surface area contributed by atoms with Crippen molar-refractivity contribution in [3.8, 4) is 28.8 Å². The number of hydrogen-bond donors (Lipinski definition) is 1. The summed E-state index contributed by atoms with van der Waals surface area (Å²) >= 11 is 0.